The number of aromatic nitrogens is 1. The molecule has 0 aliphatic carbocycles. The van der Waals surface area contributed by atoms with Crippen LogP contribution < -0.4 is 15.8 Å². The SMILES string of the molecule is Cc1ccc2cccc(OCc3c(Cl)ccc(S(=O)(=O)N4CCC[C@H]4C(=O)NCC4CCN(C(=O)c5ccc(C(=N)N)cc5)CC4)c3Cl)c2n1. The van der Waals surface area contributed by atoms with Crippen LogP contribution in [0.5, 0.6) is 5.75 Å². The highest BCUT2D eigenvalue weighted by atomic mass is 35.5. The Morgan fingerprint density at radius 3 is 2.42 bits per heavy atom. The van der Waals surface area contributed by atoms with Gasteiger partial charge in [0.2, 0.25) is 15.9 Å². The van der Waals surface area contributed by atoms with Gasteiger partial charge in [0.05, 0.1) is 5.02 Å². The maximum absolute atomic E-state index is 14.0. The molecule has 0 saturated carbocycles. The van der Waals surface area contributed by atoms with E-state index in [4.69, 9.17) is 39.1 Å². The molecule has 2 aliphatic rings. The highest BCUT2D eigenvalue weighted by Gasteiger charge is 2.41. The highest BCUT2D eigenvalue weighted by Crippen LogP contribution is 2.36. The van der Waals surface area contributed by atoms with Crippen molar-refractivity contribution in [3.05, 3.63) is 99.2 Å². The zero-order chi connectivity index (χ0) is 35.6. The second-order valence-electron chi connectivity index (χ2n) is 12.7. The molecular formula is C36H38Cl2N6O5S. The van der Waals surface area contributed by atoms with Gasteiger partial charge in [-0.05, 0) is 74.9 Å². The third-order valence-corrected chi connectivity index (χ3v) is 12.2. The van der Waals surface area contributed by atoms with Crippen molar-refractivity contribution in [2.45, 2.75) is 50.2 Å². The first kappa shape index (κ1) is 35.6. The molecule has 0 bridgehead atoms. The number of benzene rings is 3. The molecule has 4 N–H and O–H groups in total. The Bertz CT molecular complexity index is 2050. The molecule has 0 unspecified atom stereocenters. The average Bonchev–Trinajstić information content (AvgIpc) is 3.62. The van der Waals surface area contributed by atoms with E-state index >= 15 is 0 Å². The minimum absolute atomic E-state index is 0.0518. The number of hydrogen-bond acceptors (Lipinski definition) is 7. The number of nitrogen functional groups attached to an aromatic ring is 1. The molecule has 0 radical (unpaired) electrons. The number of pyridine rings is 1. The van der Waals surface area contributed by atoms with Crippen LogP contribution in [-0.2, 0) is 21.4 Å². The predicted octanol–water partition coefficient (Wildman–Crippen LogP) is 5.53. The van der Waals surface area contributed by atoms with E-state index < -0.39 is 16.1 Å². The number of nitrogens with two attached hydrogens (primary N) is 1. The summed E-state index contributed by atoms with van der Waals surface area (Å²) in [5.41, 5.74) is 8.42. The first-order chi connectivity index (χ1) is 23.9. The van der Waals surface area contributed by atoms with E-state index in [1.165, 1.54) is 16.4 Å². The van der Waals surface area contributed by atoms with Gasteiger partial charge in [0, 0.05) is 59.0 Å². The smallest absolute Gasteiger partial charge is 0.253 e. The zero-order valence-electron chi connectivity index (χ0n) is 27.5. The summed E-state index contributed by atoms with van der Waals surface area (Å²) in [5.74, 6) is 0.150. The van der Waals surface area contributed by atoms with Gasteiger partial charge in [-0.15, -0.1) is 0 Å². The van der Waals surface area contributed by atoms with Crippen LogP contribution in [0.1, 0.15) is 52.9 Å². The number of carbonyl (C=O) groups excluding carboxylic acids is 2. The van der Waals surface area contributed by atoms with Crippen LogP contribution in [0.3, 0.4) is 0 Å². The summed E-state index contributed by atoms with van der Waals surface area (Å²) in [7, 11) is -4.17. The maximum Gasteiger partial charge on any atom is 0.253 e. The number of aryl methyl sites for hydroxylation is 1. The van der Waals surface area contributed by atoms with Gasteiger partial charge >= 0.3 is 0 Å². The fourth-order valence-corrected chi connectivity index (χ4v) is 9.01. The number of fused-ring (bicyclic) bond motifs is 1. The van der Waals surface area contributed by atoms with Crippen LogP contribution in [0.25, 0.3) is 10.9 Å². The Hall–Kier alpha value is -4.23. The first-order valence-electron chi connectivity index (χ1n) is 16.4. The van der Waals surface area contributed by atoms with E-state index in [0.29, 0.717) is 73.3 Å². The molecule has 1 atom stereocenters. The van der Waals surface area contributed by atoms with E-state index in [9.17, 15) is 18.0 Å². The number of halogens is 2. The van der Waals surface area contributed by atoms with Crippen molar-refractivity contribution >= 4 is 61.8 Å². The highest BCUT2D eigenvalue weighted by molar-refractivity contribution is 7.89. The third kappa shape index (κ3) is 7.44. The standard InChI is InChI=1S/C36H38Cl2N6O5S/c1-22-7-8-24-4-2-6-30(33(24)42-22)49-21-27-28(37)13-14-31(32(27)38)50(47,48)44-17-3-5-29(44)35(45)41-20-23-15-18-43(19-16-23)36(46)26-11-9-25(10-12-26)34(39)40/h2,4,6-14,23,29H,3,5,15-21H2,1H3,(H3,39,40)(H,41,45)/t29-/m0/s1. The van der Waals surface area contributed by atoms with Crippen molar-refractivity contribution in [1.82, 2.24) is 19.5 Å². The molecule has 4 aromatic rings. The average molecular weight is 738 g/mol. The van der Waals surface area contributed by atoms with Gasteiger partial charge in [-0.2, -0.15) is 4.31 Å². The molecule has 2 saturated heterocycles. The van der Waals surface area contributed by atoms with Crippen molar-refractivity contribution < 1.29 is 22.7 Å². The molecule has 0 spiro atoms. The Kier molecular flexibility index (Phi) is 10.6. The van der Waals surface area contributed by atoms with E-state index in [1.807, 2.05) is 31.2 Å². The lowest BCUT2D eigenvalue weighted by Gasteiger charge is -2.32. The van der Waals surface area contributed by atoms with Crippen molar-refractivity contribution in [2.24, 2.45) is 11.7 Å². The fourth-order valence-electron chi connectivity index (χ4n) is 6.49. The molecule has 3 heterocycles. The van der Waals surface area contributed by atoms with Crippen LogP contribution in [0.2, 0.25) is 10.0 Å². The number of para-hydroxylation sites is 1. The summed E-state index contributed by atoms with van der Waals surface area (Å²) < 4.78 is 35.3. The minimum Gasteiger partial charge on any atom is -0.487 e. The van der Waals surface area contributed by atoms with Crippen LogP contribution in [0.4, 0.5) is 0 Å². The number of amidine groups is 1. The summed E-state index contributed by atoms with van der Waals surface area (Å²) in [4.78, 5) is 32.6. The number of piperidine rings is 1. The Labute approximate surface area is 301 Å². The summed E-state index contributed by atoms with van der Waals surface area (Å²) in [6.45, 7) is 3.43. The second kappa shape index (κ2) is 14.9. The van der Waals surface area contributed by atoms with Crippen molar-refractivity contribution in [1.29, 1.82) is 5.41 Å². The summed E-state index contributed by atoms with van der Waals surface area (Å²) >= 11 is 13.2. The minimum atomic E-state index is -4.17. The molecule has 2 amide bonds. The van der Waals surface area contributed by atoms with Crippen LogP contribution >= 0.6 is 23.2 Å². The molecule has 2 aliphatic heterocycles. The van der Waals surface area contributed by atoms with Crippen LogP contribution in [0, 0.1) is 18.3 Å². The molecule has 3 aromatic carbocycles. The lowest BCUT2D eigenvalue weighted by molar-refractivity contribution is -0.124. The Balaban J connectivity index is 1.08. The van der Waals surface area contributed by atoms with Gasteiger partial charge in [-0.1, -0.05) is 53.5 Å². The van der Waals surface area contributed by atoms with Gasteiger partial charge < -0.3 is 20.7 Å². The number of sulfonamides is 1. The summed E-state index contributed by atoms with van der Waals surface area (Å²) in [6.07, 6.45) is 2.31. The molecule has 1 aromatic heterocycles. The van der Waals surface area contributed by atoms with Crippen molar-refractivity contribution in [2.75, 3.05) is 26.2 Å². The zero-order valence-corrected chi connectivity index (χ0v) is 29.8. The lowest BCUT2D eigenvalue weighted by atomic mass is 9.96. The molecule has 14 heteroatoms. The quantitative estimate of drug-likeness (QED) is 0.143. The molecule has 2 fully saturated rings. The second-order valence-corrected chi connectivity index (χ2v) is 15.3. The maximum atomic E-state index is 14.0. The number of hydrogen-bond donors (Lipinski definition) is 3. The molecular weight excluding hydrogens is 699 g/mol. The van der Waals surface area contributed by atoms with Crippen molar-refractivity contribution in [3.8, 4) is 5.75 Å². The number of likely N-dealkylation sites (tertiary alicyclic amines) is 1. The number of amides is 2. The van der Waals surface area contributed by atoms with Gasteiger partial charge in [0.15, 0.2) is 0 Å². The normalized spacial score (nSPS) is 17.2. The first-order valence-corrected chi connectivity index (χ1v) is 18.6. The van der Waals surface area contributed by atoms with E-state index in [-0.39, 0.29) is 51.7 Å². The van der Waals surface area contributed by atoms with E-state index in [2.05, 4.69) is 10.3 Å². The fraction of sp³-hybridized carbons (Fsp3) is 0.333. The topological polar surface area (TPSA) is 159 Å². The van der Waals surface area contributed by atoms with Gasteiger partial charge in [0.1, 0.15) is 34.6 Å². The molecule has 50 heavy (non-hydrogen) atoms. The Morgan fingerprint density at radius 2 is 1.70 bits per heavy atom. The van der Waals surface area contributed by atoms with E-state index in [1.54, 1.807) is 35.2 Å². The number of rotatable bonds is 10. The molecule has 6 rings (SSSR count). The number of nitrogens with zero attached hydrogens (tertiary/aromatic N) is 3. The number of carbonyl (C=O) groups is 2. The number of ether oxygens (including phenoxy) is 1. The van der Waals surface area contributed by atoms with Gasteiger partial charge in [-0.3, -0.25) is 15.0 Å². The lowest BCUT2D eigenvalue weighted by Crippen LogP contribution is -2.48. The largest absolute Gasteiger partial charge is 0.487 e. The van der Waals surface area contributed by atoms with Gasteiger partial charge in [0.25, 0.3) is 5.91 Å². The van der Waals surface area contributed by atoms with Gasteiger partial charge in [-0.25, -0.2) is 13.4 Å². The van der Waals surface area contributed by atoms with Crippen LogP contribution in [-0.4, -0.2) is 72.5 Å². The molecule has 262 valence electrons. The number of nitrogens with one attached hydrogen (secondary N) is 2. The third-order valence-electron chi connectivity index (χ3n) is 9.35. The Morgan fingerprint density at radius 1 is 0.980 bits per heavy atom. The predicted molar refractivity (Wildman–Crippen MR) is 193 cm³/mol. The summed E-state index contributed by atoms with van der Waals surface area (Å²) in [5, 5.41) is 11.6. The molecule has 11 nitrogen and oxygen atoms in total. The van der Waals surface area contributed by atoms with Crippen molar-refractivity contribution in [3.63, 3.8) is 0 Å². The van der Waals surface area contributed by atoms with E-state index in [0.717, 1.165) is 11.1 Å². The monoisotopic (exact) mass is 736 g/mol. The van der Waals surface area contributed by atoms with Crippen LogP contribution in [0.15, 0.2) is 71.6 Å². The summed E-state index contributed by atoms with van der Waals surface area (Å²) in [6, 6.07) is 18.0.